The summed E-state index contributed by atoms with van der Waals surface area (Å²) in [4.78, 5) is 2.04. The predicted molar refractivity (Wildman–Crippen MR) is 59.7 cm³/mol. The first-order valence-electron chi connectivity index (χ1n) is 4.77. The van der Waals surface area contributed by atoms with Gasteiger partial charge in [-0.05, 0) is 17.7 Å². The summed E-state index contributed by atoms with van der Waals surface area (Å²) < 4.78 is 0. The van der Waals surface area contributed by atoms with E-state index in [2.05, 4.69) is 6.07 Å². The van der Waals surface area contributed by atoms with E-state index in [1.165, 1.54) is 0 Å². The van der Waals surface area contributed by atoms with Gasteiger partial charge in [0.15, 0.2) is 0 Å². The molecule has 0 aliphatic heterocycles. The van der Waals surface area contributed by atoms with Crippen LogP contribution >= 0.6 is 0 Å². The number of aliphatic hydroxyl groups excluding tert-OH is 1. The molecule has 0 spiro atoms. The Morgan fingerprint density at radius 3 is 2.64 bits per heavy atom. The Hall–Kier alpha value is -1.06. The summed E-state index contributed by atoms with van der Waals surface area (Å²) in [5.74, 6) is 0.0508. The molecule has 0 aliphatic rings. The van der Waals surface area contributed by atoms with E-state index in [9.17, 15) is 0 Å². The molecule has 0 saturated carbocycles. The monoisotopic (exact) mass is 194 g/mol. The smallest absolute Gasteiger partial charge is 0.0511 e. The Kier molecular flexibility index (Phi) is 3.92. The van der Waals surface area contributed by atoms with Gasteiger partial charge in [0.05, 0.1) is 6.61 Å². The molecule has 1 aromatic carbocycles. The van der Waals surface area contributed by atoms with E-state index < -0.39 is 0 Å². The number of benzene rings is 1. The Bertz CT molecular complexity index is 282. The van der Waals surface area contributed by atoms with Crippen LogP contribution in [-0.4, -0.2) is 32.4 Å². The van der Waals surface area contributed by atoms with Gasteiger partial charge in [-0.1, -0.05) is 12.1 Å². The molecule has 0 aromatic heterocycles. The predicted octanol–water partition coefficient (Wildman–Crippen LogP) is 0.787. The fourth-order valence-corrected chi connectivity index (χ4v) is 1.37. The van der Waals surface area contributed by atoms with Crippen LogP contribution in [0.3, 0.4) is 0 Å². The van der Waals surface area contributed by atoms with Crippen molar-refractivity contribution in [1.29, 1.82) is 0 Å². The number of rotatable bonds is 4. The molecule has 1 rings (SSSR count). The average molecular weight is 194 g/mol. The van der Waals surface area contributed by atoms with Crippen molar-refractivity contribution in [3.05, 3.63) is 29.8 Å². The third-order valence-corrected chi connectivity index (χ3v) is 2.36. The highest BCUT2D eigenvalue weighted by atomic mass is 16.3. The summed E-state index contributed by atoms with van der Waals surface area (Å²) in [6.45, 7) is 0.584. The second-order valence-electron chi connectivity index (χ2n) is 3.60. The summed E-state index contributed by atoms with van der Waals surface area (Å²) in [7, 11) is 3.99. The van der Waals surface area contributed by atoms with Gasteiger partial charge in [0.25, 0.3) is 0 Å². The summed E-state index contributed by atoms with van der Waals surface area (Å²) >= 11 is 0. The molecule has 14 heavy (non-hydrogen) atoms. The van der Waals surface area contributed by atoms with Crippen molar-refractivity contribution < 1.29 is 5.11 Å². The number of aliphatic hydroxyl groups is 1. The molecule has 0 radical (unpaired) electrons. The molecule has 0 fully saturated rings. The third kappa shape index (κ3) is 2.47. The lowest BCUT2D eigenvalue weighted by atomic mass is 9.99. The molecule has 3 heteroatoms. The van der Waals surface area contributed by atoms with Gasteiger partial charge in [0.1, 0.15) is 0 Å². The summed E-state index contributed by atoms with van der Waals surface area (Å²) in [5.41, 5.74) is 7.80. The normalized spacial score (nSPS) is 12.6. The van der Waals surface area contributed by atoms with Gasteiger partial charge in [-0.25, -0.2) is 0 Å². The largest absolute Gasteiger partial charge is 0.396 e. The zero-order valence-corrected chi connectivity index (χ0v) is 8.77. The van der Waals surface area contributed by atoms with E-state index in [1.54, 1.807) is 0 Å². The SMILES string of the molecule is CN(C)c1cccc(C(CN)CO)c1. The standard InChI is InChI=1S/C11H18N2O/c1-13(2)11-5-3-4-9(6-11)10(7-12)8-14/h3-6,10,14H,7-8,12H2,1-2H3. The molecule has 3 N–H and O–H groups in total. The van der Waals surface area contributed by atoms with Crippen molar-refractivity contribution >= 4 is 5.69 Å². The van der Waals surface area contributed by atoms with E-state index in [-0.39, 0.29) is 12.5 Å². The van der Waals surface area contributed by atoms with Gasteiger partial charge in [0, 0.05) is 32.2 Å². The maximum absolute atomic E-state index is 9.12. The molecule has 78 valence electrons. The van der Waals surface area contributed by atoms with Crippen LogP contribution in [0.2, 0.25) is 0 Å². The highest BCUT2D eigenvalue weighted by Crippen LogP contribution is 2.19. The Balaban J connectivity index is 2.92. The van der Waals surface area contributed by atoms with Crippen LogP contribution in [0.4, 0.5) is 5.69 Å². The minimum atomic E-state index is 0.0508. The molecule has 0 heterocycles. The second kappa shape index (κ2) is 4.98. The van der Waals surface area contributed by atoms with Crippen LogP contribution in [0.1, 0.15) is 11.5 Å². The molecule has 0 amide bonds. The van der Waals surface area contributed by atoms with Gasteiger partial charge >= 0.3 is 0 Å². The zero-order chi connectivity index (χ0) is 10.6. The highest BCUT2D eigenvalue weighted by molar-refractivity contribution is 5.48. The van der Waals surface area contributed by atoms with E-state index in [0.717, 1.165) is 11.3 Å². The van der Waals surface area contributed by atoms with Crippen molar-refractivity contribution in [2.75, 3.05) is 32.1 Å². The summed E-state index contributed by atoms with van der Waals surface area (Å²) in [5, 5.41) is 9.12. The number of nitrogens with zero attached hydrogens (tertiary/aromatic N) is 1. The highest BCUT2D eigenvalue weighted by Gasteiger charge is 2.08. The minimum absolute atomic E-state index is 0.0508. The minimum Gasteiger partial charge on any atom is -0.396 e. The van der Waals surface area contributed by atoms with Gasteiger partial charge in [-0.15, -0.1) is 0 Å². The van der Waals surface area contributed by atoms with Gasteiger partial charge in [-0.3, -0.25) is 0 Å². The quantitative estimate of drug-likeness (QED) is 0.745. The van der Waals surface area contributed by atoms with Crippen LogP contribution < -0.4 is 10.6 Å². The van der Waals surface area contributed by atoms with E-state index in [4.69, 9.17) is 10.8 Å². The van der Waals surface area contributed by atoms with Crippen molar-refractivity contribution in [2.24, 2.45) is 5.73 Å². The van der Waals surface area contributed by atoms with Gasteiger partial charge in [0.2, 0.25) is 0 Å². The molecule has 0 saturated heterocycles. The second-order valence-corrected chi connectivity index (χ2v) is 3.60. The average Bonchev–Trinajstić information content (AvgIpc) is 2.20. The number of hydrogen-bond acceptors (Lipinski definition) is 3. The van der Waals surface area contributed by atoms with Crippen molar-refractivity contribution in [1.82, 2.24) is 0 Å². The maximum Gasteiger partial charge on any atom is 0.0511 e. The number of hydrogen-bond donors (Lipinski definition) is 2. The van der Waals surface area contributed by atoms with Crippen molar-refractivity contribution in [3.8, 4) is 0 Å². The Labute approximate surface area is 85.2 Å². The van der Waals surface area contributed by atoms with Crippen molar-refractivity contribution in [3.63, 3.8) is 0 Å². The molecule has 0 bridgehead atoms. The summed E-state index contributed by atoms with van der Waals surface area (Å²) in [6.07, 6.45) is 0. The first-order valence-corrected chi connectivity index (χ1v) is 4.77. The molecular formula is C11H18N2O. The van der Waals surface area contributed by atoms with E-state index >= 15 is 0 Å². The van der Waals surface area contributed by atoms with E-state index in [1.807, 2.05) is 37.2 Å². The molecular weight excluding hydrogens is 176 g/mol. The fourth-order valence-electron chi connectivity index (χ4n) is 1.37. The summed E-state index contributed by atoms with van der Waals surface area (Å²) in [6, 6.07) is 8.09. The zero-order valence-electron chi connectivity index (χ0n) is 8.77. The van der Waals surface area contributed by atoms with Crippen LogP contribution in [0, 0.1) is 0 Å². The Morgan fingerprint density at radius 2 is 2.14 bits per heavy atom. The van der Waals surface area contributed by atoms with Crippen LogP contribution in [0.25, 0.3) is 0 Å². The Morgan fingerprint density at radius 1 is 1.43 bits per heavy atom. The first kappa shape index (κ1) is 11.0. The molecule has 1 atom stereocenters. The molecule has 1 aromatic rings. The maximum atomic E-state index is 9.12. The first-order chi connectivity index (χ1) is 6.69. The lowest BCUT2D eigenvalue weighted by Gasteiger charge is -2.17. The van der Waals surface area contributed by atoms with Crippen molar-refractivity contribution in [2.45, 2.75) is 5.92 Å². The topological polar surface area (TPSA) is 49.5 Å². The van der Waals surface area contributed by atoms with Crippen LogP contribution in [0.5, 0.6) is 0 Å². The molecule has 0 aliphatic carbocycles. The van der Waals surface area contributed by atoms with E-state index in [0.29, 0.717) is 6.54 Å². The van der Waals surface area contributed by atoms with Crippen LogP contribution in [0.15, 0.2) is 24.3 Å². The van der Waals surface area contributed by atoms with Gasteiger partial charge < -0.3 is 15.7 Å². The lowest BCUT2D eigenvalue weighted by molar-refractivity contribution is 0.268. The lowest BCUT2D eigenvalue weighted by Crippen LogP contribution is -2.17. The number of nitrogens with two attached hydrogens (primary N) is 1. The third-order valence-electron chi connectivity index (χ3n) is 2.36. The van der Waals surface area contributed by atoms with Crippen LogP contribution in [-0.2, 0) is 0 Å². The fraction of sp³-hybridized carbons (Fsp3) is 0.455. The number of anilines is 1. The molecule has 3 nitrogen and oxygen atoms in total. The van der Waals surface area contributed by atoms with Gasteiger partial charge in [-0.2, -0.15) is 0 Å². The molecule has 1 unspecified atom stereocenters.